The molecule has 0 atom stereocenters. The third kappa shape index (κ3) is 2.06. The molecule has 0 aliphatic heterocycles. The highest BCUT2D eigenvalue weighted by molar-refractivity contribution is 6.29. The zero-order chi connectivity index (χ0) is 11.5. The molecule has 0 saturated heterocycles. The minimum absolute atomic E-state index is 0.255. The van der Waals surface area contributed by atoms with Crippen molar-refractivity contribution >= 4 is 11.6 Å². The first-order valence-electron chi connectivity index (χ1n) is 4.60. The molecule has 0 saturated carbocycles. The molecule has 1 heterocycles. The molecular weight excluding hydrogens is 228 g/mol. The van der Waals surface area contributed by atoms with E-state index in [2.05, 4.69) is 9.97 Å². The summed E-state index contributed by atoms with van der Waals surface area (Å²) in [5.74, 6) is 0.724. The summed E-state index contributed by atoms with van der Waals surface area (Å²) in [4.78, 5) is 18.0. The number of hydrogen-bond donors (Lipinski definition) is 1. The molecule has 1 aromatic carbocycles. The Morgan fingerprint density at radius 1 is 1.31 bits per heavy atom. The van der Waals surface area contributed by atoms with E-state index in [1.54, 1.807) is 31.4 Å². The summed E-state index contributed by atoms with van der Waals surface area (Å²) < 4.78 is 5.03. The normalized spacial score (nSPS) is 10.1. The molecule has 1 aromatic heterocycles. The number of halogens is 1. The molecule has 0 unspecified atom stereocenters. The van der Waals surface area contributed by atoms with Gasteiger partial charge in [-0.1, -0.05) is 11.6 Å². The monoisotopic (exact) mass is 236 g/mol. The summed E-state index contributed by atoms with van der Waals surface area (Å²) in [6, 6.07) is 7.04. The standard InChI is InChI=1S/C11H9ClN2O2/c1-16-8-4-2-7(3-5-8)10-11(15)13-6-9(12)14-10/h2-6H,1H3,(H,13,15). The summed E-state index contributed by atoms with van der Waals surface area (Å²) in [5, 5.41) is 0.255. The average molecular weight is 237 g/mol. The fourth-order valence-electron chi connectivity index (χ4n) is 1.33. The topological polar surface area (TPSA) is 55.0 Å². The zero-order valence-electron chi connectivity index (χ0n) is 8.53. The molecule has 0 aliphatic rings. The molecule has 0 amide bonds. The maximum absolute atomic E-state index is 11.5. The van der Waals surface area contributed by atoms with E-state index in [9.17, 15) is 4.79 Å². The molecular formula is C11H9ClN2O2. The molecule has 0 fully saturated rings. The zero-order valence-corrected chi connectivity index (χ0v) is 9.28. The van der Waals surface area contributed by atoms with Gasteiger partial charge in [-0.3, -0.25) is 4.79 Å². The van der Waals surface area contributed by atoms with Crippen LogP contribution in [0.2, 0.25) is 5.15 Å². The lowest BCUT2D eigenvalue weighted by Gasteiger charge is -2.02. The highest BCUT2D eigenvalue weighted by Gasteiger charge is 2.05. The van der Waals surface area contributed by atoms with Gasteiger partial charge in [-0.25, -0.2) is 4.98 Å². The van der Waals surface area contributed by atoms with Gasteiger partial charge in [0.05, 0.1) is 7.11 Å². The van der Waals surface area contributed by atoms with Crippen molar-refractivity contribution in [2.45, 2.75) is 0 Å². The third-order valence-electron chi connectivity index (χ3n) is 2.12. The summed E-state index contributed by atoms with van der Waals surface area (Å²) in [6.07, 6.45) is 1.36. The molecule has 2 aromatic rings. The molecule has 0 bridgehead atoms. The van der Waals surface area contributed by atoms with E-state index in [1.807, 2.05) is 0 Å². The van der Waals surface area contributed by atoms with Crippen molar-refractivity contribution in [2.24, 2.45) is 0 Å². The lowest BCUT2D eigenvalue weighted by molar-refractivity contribution is 0.415. The minimum atomic E-state index is -0.269. The van der Waals surface area contributed by atoms with Crippen LogP contribution in [0.4, 0.5) is 0 Å². The quantitative estimate of drug-likeness (QED) is 0.869. The average Bonchev–Trinajstić information content (AvgIpc) is 2.32. The Kier molecular flexibility index (Phi) is 2.92. The maximum Gasteiger partial charge on any atom is 0.274 e. The van der Waals surface area contributed by atoms with Crippen molar-refractivity contribution in [2.75, 3.05) is 7.11 Å². The van der Waals surface area contributed by atoms with Crippen LogP contribution in [0.5, 0.6) is 5.75 Å². The largest absolute Gasteiger partial charge is 0.497 e. The number of nitrogens with zero attached hydrogens (tertiary/aromatic N) is 1. The van der Waals surface area contributed by atoms with Crippen molar-refractivity contribution in [3.05, 3.63) is 46.0 Å². The number of H-pyrrole nitrogens is 1. The van der Waals surface area contributed by atoms with Gasteiger partial charge < -0.3 is 9.72 Å². The van der Waals surface area contributed by atoms with Gasteiger partial charge in [0, 0.05) is 11.8 Å². The van der Waals surface area contributed by atoms with Crippen LogP contribution in [0.15, 0.2) is 35.3 Å². The van der Waals surface area contributed by atoms with Crippen molar-refractivity contribution in [3.63, 3.8) is 0 Å². The van der Waals surface area contributed by atoms with E-state index < -0.39 is 0 Å². The fraction of sp³-hybridized carbons (Fsp3) is 0.0909. The fourth-order valence-corrected chi connectivity index (χ4v) is 1.47. The van der Waals surface area contributed by atoms with Gasteiger partial charge in [-0.15, -0.1) is 0 Å². The SMILES string of the molecule is COc1ccc(-c2nc(Cl)c[nH]c2=O)cc1. The van der Waals surface area contributed by atoms with Crippen LogP contribution in [0.25, 0.3) is 11.3 Å². The maximum atomic E-state index is 11.5. The summed E-state index contributed by atoms with van der Waals surface area (Å²) >= 11 is 5.72. The molecule has 0 radical (unpaired) electrons. The van der Waals surface area contributed by atoms with E-state index >= 15 is 0 Å². The van der Waals surface area contributed by atoms with E-state index in [-0.39, 0.29) is 10.7 Å². The van der Waals surface area contributed by atoms with E-state index in [0.29, 0.717) is 11.3 Å². The van der Waals surface area contributed by atoms with Gasteiger partial charge in [-0.05, 0) is 24.3 Å². The molecule has 0 aliphatic carbocycles. The number of ether oxygens (including phenoxy) is 1. The Morgan fingerprint density at radius 3 is 2.62 bits per heavy atom. The first-order chi connectivity index (χ1) is 7.70. The summed E-state index contributed by atoms with van der Waals surface area (Å²) in [5.41, 5.74) is 0.731. The number of aromatic nitrogens is 2. The van der Waals surface area contributed by atoms with E-state index in [0.717, 1.165) is 5.75 Å². The second-order valence-electron chi connectivity index (χ2n) is 3.13. The van der Waals surface area contributed by atoms with Crippen molar-refractivity contribution in [1.29, 1.82) is 0 Å². The summed E-state index contributed by atoms with van der Waals surface area (Å²) in [6.45, 7) is 0. The van der Waals surface area contributed by atoms with Gasteiger partial charge in [0.25, 0.3) is 5.56 Å². The molecule has 0 spiro atoms. The number of benzene rings is 1. The molecule has 2 rings (SSSR count). The van der Waals surface area contributed by atoms with Crippen molar-refractivity contribution in [1.82, 2.24) is 9.97 Å². The van der Waals surface area contributed by atoms with Gasteiger partial charge in [-0.2, -0.15) is 0 Å². The number of rotatable bonds is 2. The van der Waals surface area contributed by atoms with Gasteiger partial charge >= 0.3 is 0 Å². The Labute approximate surface area is 96.9 Å². The second-order valence-corrected chi connectivity index (χ2v) is 3.52. The van der Waals surface area contributed by atoms with E-state index in [1.165, 1.54) is 6.20 Å². The van der Waals surface area contributed by atoms with Gasteiger partial charge in [0.1, 0.15) is 16.6 Å². The smallest absolute Gasteiger partial charge is 0.274 e. The van der Waals surface area contributed by atoms with Gasteiger partial charge in [0.15, 0.2) is 0 Å². The summed E-state index contributed by atoms with van der Waals surface area (Å²) in [7, 11) is 1.58. The van der Waals surface area contributed by atoms with Crippen LogP contribution >= 0.6 is 11.6 Å². The third-order valence-corrected chi connectivity index (χ3v) is 2.31. The predicted molar refractivity (Wildman–Crippen MR) is 61.9 cm³/mol. The van der Waals surface area contributed by atoms with Crippen LogP contribution in [-0.2, 0) is 0 Å². The van der Waals surface area contributed by atoms with E-state index in [4.69, 9.17) is 16.3 Å². The molecule has 16 heavy (non-hydrogen) atoms. The Morgan fingerprint density at radius 2 is 2.00 bits per heavy atom. The molecule has 5 heteroatoms. The van der Waals surface area contributed by atoms with Crippen LogP contribution < -0.4 is 10.3 Å². The van der Waals surface area contributed by atoms with Crippen LogP contribution in [-0.4, -0.2) is 17.1 Å². The van der Waals surface area contributed by atoms with Gasteiger partial charge in [0.2, 0.25) is 0 Å². The number of hydrogen-bond acceptors (Lipinski definition) is 3. The Balaban J connectivity index is 2.50. The Bertz CT molecular complexity index is 549. The lowest BCUT2D eigenvalue weighted by atomic mass is 10.1. The van der Waals surface area contributed by atoms with Crippen molar-refractivity contribution < 1.29 is 4.74 Å². The van der Waals surface area contributed by atoms with Crippen LogP contribution in [0.3, 0.4) is 0 Å². The first-order valence-corrected chi connectivity index (χ1v) is 4.98. The van der Waals surface area contributed by atoms with Crippen LogP contribution in [0, 0.1) is 0 Å². The molecule has 82 valence electrons. The molecule has 1 N–H and O–H groups in total. The second kappa shape index (κ2) is 4.37. The molecule has 4 nitrogen and oxygen atoms in total. The van der Waals surface area contributed by atoms with Crippen molar-refractivity contribution in [3.8, 4) is 17.0 Å². The highest BCUT2D eigenvalue weighted by atomic mass is 35.5. The Hall–Kier alpha value is -1.81. The van der Waals surface area contributed by atoms with Crippen LogP contribution in [0.1, 0.15) is 0 Å². The number of nitrogens with one attached hydrogen (secondary N) is 1. The number of aromatic amines is 1. The first kappa shape index (κ1) is 10.7. The number of methoxy groups -OCH3 is 1. The predicted octanol–water partition coefficient (Wildman–Crippen LogP) is 2.10. The minimum Gasteiger partial charge on any atom is -0.497 e. The lowest BCUT2D eigenvalue weighted by Crippen LogP contribution is -2.10. The highest BCUT2D eigenvalue weighted by Crippen LogP contribution is 2.18.